The first kappa shape index (κ1) is 25.8. The van der Waals surface area contributed by atoms with Crippen molar-refractivity contribution in [2.75, 3.05) is 23.8 Å². The molecular formula is C29H35N3O3. The number of unbranched alkanes of at least 4 members (excludes halogenated alkanes) is 3. The number of hydrogen-bond acceptors (Lipinski definition) is 4. The Morgan fingerprint density at radius 2 is 1.63 bits per heavy atom. The fourth-order valence-electron chi connectivity index (χ4n) is 3.61. The van der Waals surface area contributed by atoms with Gasteiger partial charge >= 0.3 is 0 Å². The van der Waals surface area contributed by atoms with Gasteiger partial charge in [0.2, 0.25) is 5.91 Å². The van der Waals surface area contributed by atoms with E-state index in [0.29, 0.717) is 17.9 Å². The summed E-state index contributed by atoms with van der Waals surface area (Å²) < 4.78 is 5.78. The Hall–Kier alpha value is -3.80. The second-order valence-electron chi connectivity index (χ2n) is 8.52. The van der Waals surface area contributed by atoms with Crippen LogP contribution in [0.1, 0.15) is 61.5 Å². The smallest absolute Gasteiger partial charge is 0.251 e. The zero-order valence-corrected chi connectivity index (χ0v) is 20.6. The lowest BCUT2D eigenvalue weighted by atomic mass is 10.1. The summed E-state index contributed by atoms with van der Waals surface area (Å²) in [5, 5.41) is 8.98. The summed E-state index contributed by atoms with van der Waals surface area (Å²) in [6, 6.07) is 24.3. The Bertz CT molecular complexity index is 1070. The third-order valence-corrected chi connectivity index (χ3v) is 5.63. The second-order valence-corrected chi connectivity index (χ2v) is 8.52. The molecule has 35 heavy (non-hydrogen) atoms. The van der Waals surface area contributed by atoms with Crippen LogP contribution in [-0.2, 0) is 4.79 Å². The molecule has 1 atom stereocenters. The Morgan fingerprint density at radius 1 is 0.857 bits per heavy atom. The zero-order valence-electron chi connectivity index (χ0n) is 20.6. The molecule has 2 amide bonds. The highest BCUT2D eigenvalue weighted by Crippen LogP contribution is 2.18. The predicted octanol–water partition coefficient (Wildman–Crippen LogP) is 6.19. The summed E-state index contributed by atoms with van der Waals surface area (Å²) in [6.45, 7) is 4.93. The van der Waals surface area contributed by atoms with Gasteiger partial charge in [0.25, 0.3) is 5.91 Å². The van der Waals surface area contributed by atoms with E-state index in [-0.39, 0.29) is 24.4 Å². The topological polar surface area (TPSA) is 79.5 Å². The Labute approximate surface area is 208 Å². The molecule has 1 unspecified atom stereocenters. The summed E-state index contributed by atoms with van der Waals surface area (Å²) in [5.41, 5.74) is 3.07. The monoisotopic (exact) mass is 473 g/mol. The van der Waals surface area contributed by atoms with Crippen LogP contribution in [0, 0.1) is 0 Å². The summed E-state index contributed by atoms with van der Waals surface area (Å²) >= 11 is 0. The average molecular weight is 474 g/mol. The number of amides is 2. The maximum Gasteiger partial charge on any atom is 0.251 e. The van der Waals surface area contributed by atoms with Gasteiger partial charge in [0.15, 0.2) is 0 Å². The summed E-state index contributed by atoms with van der Waals surface area (Å²) in [6.07, 6.45) is 4.61. The van der Waals surface area contributed by atoms with E-state index in [4.69, 9.17) is 4.74 Å². The summed E-state index contributed by atoms with van der Waals surface area (Å²) in [5.74, 6) is 0.449. The minimum Gasteiger partial charge on any atom is -0.494 e. The van der Waals surface area contributed by atoms with Crippen LogP contribution in [0.5, 0.6) is 5.75 Å². The quantitative estimate of drug-likeness (QED) is 0.259. The van der Waals surface area contributed by atoms with Crippen molar-refractivity contribution in [1.82, 2.24) is 5.32 Å². The standard InChI is InChI=1S/C29H35N3O3/c1-3-4-5-9-19-35-27-14-10-13-26(20-27)32-28(33)21-30-25-17-15-24(16-18-25)29(34)31-22(2)23-11-7-6-8-12-23/h6-8,10-18,20,22,30H,3-5,9,19,21H2,1-2H3,(H,31,34)(H,32,33). The van der Waals surface area contributed by atoms with Crippen LogP contribution < -0.4 is 20.7 Å². The van der Waals surface area contributed by atoms with Gasteiger partial charge in [-0.15, -0.1) is 0 Å². The van der Waals surface area contributed by atoms with Crippen LogP contribution in [-0.4, -0.2) is 25.0 Å². The molecule has 0 bridgehead atoms. The Morgan fingerprint density at radius 3 is 2.37 bits per heavy atom. The molecule has 0 aliphatic rings. The number of anilines is 2. The van der Waals surface area contributed by atoms with E-state index in [1.54, 1.807) is 24.3 Å². The fraction of sp³-hybridized carbons (Fsp3) is 0.310. The van der Waals surface area contributed by atoms with Gasteiger partial charge in [0, 0.05) is 23.0 Å². The molecule has 3 N–H and O–H groups in total. The highest BCUT2D eigenvalue weighted by atomic mass is 16.5. The maximum absolute atomic E-state index is 12.5. The van der Waals surface area contributed by atoms with Crippen molar-refractivity contribution >= 4 is 23.2 Å². The molecule has 0 saturated carbocycles. The van der Waals surface area contributed by atoms with Gasteiger partial charge in [-0.3, -0.25) is 9.59 Å². The summed E-state index contributed by atoms with van der Waals surface area (Å²) in [7, 11) is 0. The van der Waals surface area contributed by atoms with E-state index >= 15 is 0 Å². The molecule has 3 aromatic rings. The minimum atomic E-state index is -0.163. The number of hydrogen-bond donors (Lipinski definition) is 3. The minimum absolute atomic E-state index is 0.0878. The fourth-order valence-corrected chi connectivity index (χ4v) is 3.61. The third kappa shape index (κ3) is 8.81. The highest BCUT2D eigenvalue weighted by Gasteiger charge is 2.11. The van der Waals surface area contributed by atoms with Crippen LogP contribution >= 0.6 is 0 Å². The molecule has 6 heteroatoms. The van der Waals surface area contributed by atoms with Gasteiger partial charge in [-0.2, -0.15) is 0 Å². The van der Waals surface area contributed by atoms with Gasteiger partial charge in [-0.05, 0) is 55.3 Å². The van der Waals surface area contributed by atoms with Crippen LogP contribution in [0.3, 0.4) is 0 Å². The van der Waals surface area contributed by atoms with E-state index < -0.39 is 0 Å². The van der Waals surface area contributed by atoms with Gasteiger partial charge in [0.1, 0.15) is 5.75 Å². The Kier molecular flexibility index (Phi) is 10.2. The van der Waals surface area contributed by atoms with Crippen LogP contribution in [0.2, 0.25) is 0 Å². The predicted molar refractivity (Wildman–Crippen MR) is 142 cm³/mol. The molecule has 0 aromatic heterocycles. The lowest BCUT2D eigenvalue weighted by Crippen LogP contribution is -2.26. The largest absolute Gasteiger partial charge is 0.494 e. The van der Waals surface area contributed by atoms with E-state index in [1.165, 1.54) is 12.8 Å². The molecule has 0 spiro atoms. The van der Waals surface area contributed by atoms with Gasteiger partial charge < -0.3 is 20.7 Å². The zero-order chi connectivity index (χ0) is 24.9. The maximum atomic E-state index is 12.5. The van der Waals surface area contributed by atoms with Crippen molar-refractivity contribution in [3.63, 3.8) is 0 Å². The molecule has 0 radical (unpaired) electrons. The molecule has 0 aliphatic heterocycles. The first-order valence-electron chi connectivity index (χ1n) is 12.3. The van der Waals surface area contributed by atoms with Crippen molar-refractivity contribution in [2.45, 2.75) is 45.6 Å². The number of nitrogens with one attached hydrogen (secondary N) is 3. The molecule has 3 rings (SSSR count). The SMILES string of the molecule is CCCCCCOc1cccc(NC(=O)CNc2ccc(C(=O)NC(C)c3ccccc3)cc2)c1. The van der Waals surface area contributed by atoms with Crippen molar-refractivity contribution in [1.29, 1.82) is 0 Å². The van der Waals surface area contributed by atoms with Gasteiger partial charge in [-0.25, -0.2) is 0 Å². The van der Waals surface area contributed by atoms with E-state index in [1.807, 2.05) is 61.5 Å². The molecule has 6 nitrogen and oxygen atoms in total. The van der Waals surface area contributed by atoms with Crippen molar-refractivity contribution in [3.05, 3.63) is 90.0 Å². The normalized spacial score (nSPS) is 11.4. The van der Waals surface area contributed by atoms with E-state index in [2.05, 4.69) is 22.9 Å². The molecule has 184 valence electrons. The van der Waals surface area contributed by atoms with Gasteiger partial charge in [-0.1, -0.05) is 62.6 Å². The Balaban J connectivity index is 1.43. The number of carbonyl (C=O) groups is 2. The van der Waals surface area contributed by atoms with Crippen molar-refractivity contribution in [2.24, 2.45) is 0 Å². The average Bonchev–Trinajstić information content (AvgIpc) is 2.88. The number of benzene rings is 3. The molecule has 0 saturated heterocycles. The first-order valence-corrected chi connectivity index (χ1v) is 12.3. The van der Waals surface area contributed by atoms with Gasteiger partial charge in [0.05, 0.1) is 19.2 Å². The highest BCUT2D eigenvalue weighted by molar-refractivity contribution is 5.95. The molecule has 0 heterocycles. The summed E-state index contributed by atoms with van der Waals surface area (Å²) in [4.78, 5) is 24.9. The first-order chi connectivity index (χ1) is 17.0. The number of carbonyl (C=O) groups excluding carboxylic acids is 2. The third-order valence-electron chi connectivity index (χ3n) is 5.63. The lowest BCUT2D eigenvalue weighted by Gasteiger charge is -2.14. The van der Waals surface area contributed by atoms with Crippen LogP contribution in [0.15, 0.2) is 78.9 Å². The van der Waals surface area contributed by atoms with E-state index in [0.717, 1.165) is 29.8 Å². The van der Waals surface area contributed by atoms with Crippen LogP contribution in [0.4, 0.5) is 11.4 Å². The lowest BCUT2D eigenvalue weighted by molar-refractivity contribution is -0.114. The second kappa shape index (κ2) is 13.8. The van der Waals surface area contributed by atoms with Crippen LogP contribution in [0.25, 0.3) is 0 Å². The van der Waals surface area contributed by atoms with Crippen molar-refractivity contribution < 1.29 is 14.3 Å². The number of ether oxygens (including phenoxy) is 1. The van der Waals surface area contributed by atoms with E-state index in [9.17, 15) is 9.59 Å². The molecular weight excluding hydrogens is 438 g/mol. The molecule has 0 fully saturated rings. The number of rotatable bonds is 13. The van der Waals surface area contributed by atoms with Crippen molar-refractivity contribution in [3.8, 4) is 5.75 Å². The molecule has 0 aliphatic carbocycles. The molecule has 3 aromatic carbocycles.